The van der Waals surface area contributed by atoms with Crippen LogP contribution in [0.25, 0.3) is 0 Å². The Balaban J connectivity index is 2.91. The van der Waals surface area contributed by atoms with Crippen LogP contribution >= 0.6 is 11.8 Å². The van der Waals surface area contributed by atoms with Crippen LogP contribution in [0.1, 0.15) is 34.1 Å². The molecule has 1 nitrogen and oxygen atoms in total. The molecule has 0 unspecified atom stereocenters. The van der Waals surface area contributed by atoms with Gasteiger partial charge in [0, 0.05) is 12.4 Å². The molecule has 0 aromatic carbocycles. The second-order valence-electron chi connectivity index (χ2n) is 3.71. The normalized spacial score (nSPS) is 11.5. The molecule has 0 saturated carbocycles. The molecule has 0 aliphatic carbocycles. The third-order valence-corrected chi connectivity index (χ3v) is 2.59. The highest BCUT2D eigenvalue weighted by molar-refractivity contribution is 7.99. The molecule has 0 aliphatic rings. The average Bonchev–Trinajstić information content (AvgIpc) is 1.95. The van der Waals surface area contributed by atoms with Crippen molar-refractivity contribution in [1.29, 1.82) is 0 Å². The Labute approximate surface area is 81.3 Å². The van der Waals surface area contributed by atoms with Crippen molar-refractivity contribution in [1.82, 2.24) is 0 Å². The van der Waals surface area contributed by atoms with E-state index in [-0.39, 0.29) is 0 Å². The van der Waals surface area contributed by atoms with E-state index < -0.39 is 0 Å². The Hall–Kier alpha value is 0.310. The third-order valence-electron chi connectivity index (χ3n) is 1.52. The molecule has 0 fully saturated rings. The van der Waals surface area contributed by atoms with Crippen LogP contribution in [0.3, 0.4) is 0 Å². The predicted molar refractivity (Wildman–Crippen MR) is 57.9 cm³/mol. The van der Waals surface area contributed by atoms with Gasteiger partial charge in [0.1, 0.15) is 0 Å². The summed E-state index contributed by atoms with van der Waals surface area (Å²) >= 11 is 1.97. The maximum Gasteiger partial charge on any atom is 0.0556 e. The van der Waals surface area contributed by atoms with Crippen LogP contribution in [0.4, 0.5) is 0 Å². The first kappa shape index (κ1) is 12.3. The van der Waals surface area contributed by atoms with Crippen molar-refractivity contribution >= 4 is 11.8 Å². The Morgan fingerprint density at radius 1 is 1.08 bits per heavy atom. The zero-order valence-corrected chi connectivity index (χ0v) is 9.62. The van der Waals surface area contributed by atoms with Gasteiger partial charge in [0.15, 0.2) is 0 Å². The molecule has 0 spiro atoms. The lowest BCUT2D eigenvalue weighted by Crippen LogP contribution is -2.03. The summed E-state index contributed by atoms with van der Waals surface area (Å²) in [4.78, 5) is 0. The molecular formula is C10H22OS. The van der Waals surface area contributed by atoms with Gasteiger partial charge in [-0.15, -0.1) is 0 Å². The second kappa shape index (κ2) is 7.93. The first-order valence-corrected chi connectivity index (χ1v) is 5.87. The van der Waals surface area contributed by atoms with Gasteiger partial charge in [-0.25, -0.2) is 0 Å². The van der Waals surface area contributed by atoms with Crippen LogP contribution in [-0.4, -0.2) is 24.2 Å². The SMILES string of the molecule is CC(C)CCOCCSC(C)C. The predicted octanol–water partition coefficient (Wildman–Crippen LogP) is 3.19. The minimum Gasteiger partial charge on any atom is -0.381 e. The summed E-state index contributed by atoms with van der Waals surface area (Å²) in [6.07, 6.45) is 1.19. The average molecular weight is 190 g/mol. The third kappa shape index (κ3) is 10.3. The van der Waals surface area contributed by atoms with E-state index in [1.54, 1.807) is 0 Å². The molecule has 0 bridgehead atoms. The van der Waals surface area contributed by atoms with E-state index in [9.17, 15) is 0 Å². The Kier molecular flexibility index (Phi) is 8.14. The maximum atomic E-state index is 5.47. The molecule has 2 heteroatoms. The summed E-state index contributed by atoms with van der Waals surface area (Å²) in [6.45, 7) is 10.7. The number of thioether (sulfide) groups is 1. The second-order valence-corrected chi connectivity index (χ2v) is 5.40. The Morgan fingerprint density at radius 3 is 2.25 bits per heavy atom. The monoisotopic (exact) mass is 190 g/mol. The highest BCUT2D eigenvalue weighted by Gasteiger charge is 1.95. The van der Waals surface area contributed by atoms with Gasteiger partial charge in [0.05, 0.1) is 6.61 Å². The van der Waals surface area contributed by atoms with Crippen molar-refractivity contribution in [2.45, 2.75) is 39.4 Å². The van der Waals surface area contributed by atoms with Crippen molar-refractivity contribution in [2.24, 2.45) is 5.92 Å². The molecule has 0 amide bonds. The van der Waals surface area contributed by atoms with Gasteiger partial charge in [-0.05, 0) is 17.6 Å². The van der Waals surface area contributed by atoms with Gasteiger partial charge in [-0.3, -0.25) is 0 Å². The molecule has 74 valence electrons. The zero-order valence-electron chi connectivity index (χ0n) is 8.80. The van der Waals surface area contributed by atoms with Crippen LogP contribution in [0.15, 0.2) is 0 Å². The largest absolute Gasteiger partial charge is 0.381 e. The van der Waals surface area contributed by atoms with Gasteiger partial charge in [0.2, 0.25) is 0 Å². The fourth-order valence-electron chi connectivity index (χ4n) is 0.764. The van der Waals surface area contributed by atoms with Gasteiger partial charge in [0.25, 0.3) is 0 Å². The summed E-state index contributed by atoms with van der Waals surface area (Å²) < 4.78 is 5.47. The molecule has 0 radical (unpaired) electrons. The first-order valence-electron chi connectivity index (χ1n) is 4.82. The summed E-state index contributed by atoms with van der Waals surface area (Å²) in [7, 11) is 0. The summed E-state index contributed by atoms with van der Waals surface area (Å²) in [6, 6.07) is 0. The first-order chi connectivity index (χ1) is 5.63. The summed E-state index contributed by atoms with van der Waals surface area (Å²) in [5, 5.41) is 0.735. The lowest BCUT2D eigenvalue weighted by molar-refractivity contribution is 0.138. The molecule has 0 heterocycles. The number of hydrogen-bond donors (Lipinski definition) is 0. The van der Waals surface area contributed by atoms with Crippen LogP contribution in [0.5, 0.6) is 0 Å². The van der Waals surface area contributed by atoms with Crippen LogP contribution in [0, 0.1) is 5.92 Å². The fourth-order valence-corrected chi connectivity index (χ4v) is 1.45. The quantitative estimate of drug-likeness (QED) is 0.570. The zero-order chi connectivity index (χ0) is 9.40. The topological polar surface area (TPSA) is 9.23 Å². The molecule has 0 aromatic rings. The number of ether oxygens (including phenoxy) is 1. The molecule has 0 saturated heterocycles. The smallest absolute Gasteiger partial charge is 0.0556 e. The lowest BCUT2D eigenvalue weighted by Gasteiger charge is -2.07. The highest BCUT2D eigenvalue weighted by atomic mass is 32.2. The highest BCUT2D eigenvalue weighted by Crippen LogP contribution is 2.08. The van der Waals surface area contributed by atoms with Crippen LogP contribution in [-0.2, 0) is 4.74 Å². The molecule has 0 N–H and O–H groups in total. The van der Waals surface area contributed by atoms with Crippen LogP contribution < -0.4 is 0 Å². The van der Waals surface area contributed by atoms with E-state index in [2.05, 4.69) is 27.7 Å². The molecule has 12 heavy (non-hydrogen) atoms. The van der Waals surface area contributed by atoms with Gasteiger partial charge in [-0.1, -0.05) is 27.7 Å². The Morgan fingerprint density at radius 2 is 1.75 bits per heavy atom. The van der Waals surface area contributed by atoms with Crippen molar-refractivity contribution in [2.75, 3.05) is 19.0 Å². The molecule has 0 atom stereocenters. The summed E-state index contributed by atoms with van der Waals surface area (Å²) in [5.74, 6) is 1.90. The van der Waals surface area contributed by atoms with Crippen molar-refractivity contribution in [3.8, 4) is 0 Å². The van der Waals surface area contributed by atoms with E-state index in [1.807, 2.05) is 11.8 Å². The van der Waals surface area contributed by atoms with Gasteiger partial charge >= 0.3 is 0 Å². The Bertz CT molecular complexity index is 79.8. The van der Waals surface area contributed by atoms with Gasteiger partial charge < -0.3 is 4.74 Å². The van der Waals surface area contributed by atoms with E-state index in [0.717, 1.165) is 30.1 Å². The van der Waals surface area contributed by atoms with E-state index in [1.165, 1.54) is 6.42 Å². The van der Waals surface area contributed by atoms with Crippen LogP contribution in [0.2, 0.25) is 0 Å². The molecular weight excluding hydrogens is 168 g/mol. The van der Waals surface area contributed by atoms with E-state index in [4.69, 9.17) is 4.74 Å². The lowest BCUT2D eigenvalue weighted by atomic mass is 10.1. The minimum atomic E-state index is 0.735. The fraction of sp³-hybridized carbons (Fsp3) is 1.00. The number of hydrogen-bond acceptors (Lipinski definition) is 2. The van der Waals surface area contributed by atoms with Crippen molar-refractivity contribution < 1.29 is 4.74 Å². The number of rotatable bonds is 7. The summed E-state index contributed by atoms with van der Waals surface area (Å²) in [5.41, 5.74) is 0. The minimum absolute atomic E-state index is 0.735. The molecule has 0 aromatic heterocycles. The standard InChI is InChI=1S/C10H22OS/c1-9(2)5-6-11-7-8-12-10(3)4/h9-10H,5-8H2,1-4H3. The van der Waals surface area contributed by atoms with Crippen molar-refractivity contribution in [3.05, 3.63) is 0 Å². The van der Waals surface area contributed by atoms with E-state index in [0.29, 0.717) is 0 Å². The van der Waals surface area contributed by atoms with E-state index >= 15 is 0 Å². The molecule has 0 aliphatic heterocycles. The maximum absolute atomic E-state index is 5.47. The van der Waals surface area contributed by atoms with Gasteiger partial charge in [-0.2, -0.15) is 11.8 Å². The molecule has 0 rings (SSSR count). The van der Waals surface area contributed by atoms with Crippen molar-refractivity contribution in [3.63, 3.8) is 0 Å².